The Labute approximate surface area is 151 Å². The lowest BCUT2D eigenvalue weighted by Crippen LogP contribution is -2.25. The molecule has 2 heterocycles. The second-order valence-electron chi connectivity index (χ2n) is 5.90. The van der Waals surface area contributed by atoms with E-state index in [0.717, 1.165) is 11.1 Å². The third-order valence-corrected chi connectivity index (χ3v) is 3.80. The Morgan fingerprint density at radius 3 is 2.35 bits per heavy atom. The largest absolute Gasteiger partial charge is 0.467 e. The van der Waals surface area contributed by atoms with Crippen molar-refractivity contribution in [3.63, 3.8) is 0 Å². The van der Waals surface area contributed by atoms with Gasteiger partial charge < -0.3 is 15.1 Å². The first-order chi connectivity index (χ1) is 12.6. The summed E-state index contributed by atoms with van der Waals surface area (Å²) in [6.07, 6.45) is 4.41. The number of amides is 2. The van der Waals surface area contributed by atoms with Crippen LogP contribution in [0.15, 0.2) is 65.5 Å². The standard InChI is InChI=1S/C20H19N3O3/c1-14-4-2-5-15(8-14)10-22-19(24)16-9-17(12-21-11-16)20(25)23-13-18-6-3-7-26-18/h2-9,11-12H,10,13H2,1H3,(H,22,24)(H,23,25). The molecule has 0 aliphatic carbocycles. The van der Waals surface area contributed by atoms with Gasteiger partial charge in [0.25, 0.3) is 11.8 Å². The number of furan rings is 1. The topological polar surface area (TPSA) is 84.2 Å². The average molecular weight is 349 g/mol. The zero-order valence-corrected chi connectivity index (χ0v) is 14.4. The average Bonchev–Trinajstić information content (AvgIpc) is 3.18. The van der Waals surface area contributed by atoms with Crippen molar-refractivity contribution >= 4 is 11.8 Å². The van der Waals surface area contributed by atoms with E-state index >= 15 is 0 Å². The SMILES string of the molecule is Cc1cccc(CNC(=O)c2cncc(C(=O)NCc3ccco3)c2)c1. The van der Waals surface area contributed by atoms with Gasteiger partial charge in [0.1, 0.15) is 5.76 Å². The maximum atomic E-state index is 12.3. The highest BCUT2D eigenvalue weighted by atomic mass is 16.3. The Hall–Kier alpha value is -3.41. The van der Waals surface area contributed by atoms with Crippen molar-refractivity contribution in [3.05, 3.63) is 89.1 Å². The van der Waals surface area contributed by atoms with Gasteiger partial charge in [-0.15, -0.1) is 0 Å². The monoisotopic (exact) mass is 349 g/mol. The second-order valence-corrected chi connectivity index (χ2v) is 5.90. The second kappa shape index (κ2) is 8.11. The minimum Gasteiger partial charge on any atom is -0.467 e. The summed E-state index contributed by atoms with van der Waals surface area (Å²) in [7, 11) is 0. The minimum absolute atomic E-state index is 0.273. The van der Waals surface area contributed by atoms with Crippen molar-refractivity contribution in [2.75, 3.05) is 0 Å². The smallest absolute Gasteiger partial charge is 0.253 e. The van der Waals surface area contributed by atoms with Crippen LogP contribution in [0.25, 0.3) is 0 Å². The summed E-state index contributed by atoms with van der Waals surface area (Å²) in [6, 6.07) is 13.0. The van der Waals surface area contributed by atoms with E-state index in [1.807, 2.05) is 31.2 Å². The van der Waals surface area contributed by atoms with Crippen LogP contribution in [0.1, 0.15) is 37.6 Å². The number of carbonyl (C=O) groups excluding carboxylic acids is 2. The molecule has 26 heavy (non-hydrogen) atoms. The Morgan fingerprint density at radius 1 is 0.962 bits per heavy atom. The Morgan fingerprint density at radius 2 is 1.69 bits per heavy atom. The van der Waals surface area contributed by atoms with Gasteiger partial charge in [0, 0.05) is 18.9 Å². The van der Waals surface area contributed by atoms with E-state index in [1.165, 1.54) is 18.5 Å². The highest BCUT2D eigenvalue weighted by Gasteiger charge is 2.11. The van der Waals surface area contributed by atoms with E-state index in [2.05, 4.69) is 15.6 Å². The van der Waals surface area contributed by atoms with Gasteiger partial charge in [-0.05, 0) is 30.7 Å². The lowest BCUT2D eigenvalue weighted by atomic mass is 10.1. The molecule has 0 spiro atoms. The molecular formula is C20H19N3O3. The molecule has 6 heteroatoms. The predicted molar refractivity (Wildman–Crippen MR) is 96.5 cm³/mol. The molecule has 0 aliphatic rings. The van der Waals surface area contributed by atoms with Crippen molar-refractivity contribution in [2.24, 2.45) is 0 Å². The molecule has 0 saturated heterocycles. The highest BCUT2D eigenvalue weighted by molar-refractivity contribution is 5.99. The van der Waals surface area contributed by atoms with E-state index in [4.69, 9.17) is 4.42 Å². The fraction of sp³-hybridized carbons (Fsp3) is 0.150. The molecular weight excluding hydrogens is 330 g/mol. The molecule has 0 fully saturated rings. The predicted octanol–water partition coefficient (Wildman–Crippen LogP) is 2.84. The summed E-state index contributed by atoms with van der Waals surface area (Å²) < 4.78 is 5.17. The molecule has 6 nitrogen and oxygen atoms in total. The van der Waals surface area contributed by atoms with Crippen LogP contribution in [-0.2, 0) is 13.1 Å². The number of nitrogens with one attached hydrogen (secondary N) is 2. The first kappa shape index (κ1) is 17.4. The summed E-state index contributed by atoms with van der Waals surface area (Å²) in [5.41, 5.74) is 2.80. The van der Waals surface area contributed by atoms with Crippen LogP contribution >= 0.6 is 0 Å². The number of aryl methyl sites for hydroxylation is 1. The van der Waals surface area contributed by atoms with Gasteiger partial charge in [0.05, 0.1) is 23.9 Å². The van der Waals surface area contributed by atoms with Crippen molar-refractivity contribution < 1.29 is 14.0 Å². The Balaban J connectivity index is 1.60. The molecule has 2 N–H and O–H groups in total. The van der Waals surface area contributed by atoms with Crippen molar-refractivity contribution in [1.82, 2.24) is 15.6 Å². The van der Waals surface area contributed by atoms with Crippen LogP contribution in [0.2, 0.25) is 0 Å². The summed E-state index contributed by atoms with van der Waals surface area (Å²) in [4.78, 5) is 28.5. The fourth-order valence-electron chi connectivity index (χ4n) is 2.48. The van der Waals surface area contributed by atoms with Crippen LogP contribution in [0.3, 0.4) is 0 Å². The number of aromatic nitrogens is 1. The Kier molecular flexibility index (Phi) is 5.43. The van der Waals surface area contributed by atoms with E-state index in [1.54, 1.807) is 18.4 Å². The zero-order chi connectivity index (χ0) is 18.4. The number of hydrogen-bond acceptors (Lipinski definition) is 4. The van der Waals surface area contributed by atoms with Gasteiger partial charge in [-0.25, -0.2) is 0 Å². The van der Waals surface area contributed by atoms with E-state index < -0.39 is 0 Å². The molecule has 2 aromatic heterocycles. The molecule has 0 atom stereocenters. The maximum absolute atomic E-state index is 12.3. The molecule has 0 saturated carbocycles. The molecule has 0 aliphatic heterocycles. The molecule has 3 rings (SSSR count). The molecule has 3 aromatic rings. The summed E-state index contributed by atoms with van der Waals surface area (Å²) in [5.74, 6) is 0.0558. The van der Waals surface area contributed by atoms with Gasteiger partial charge in [0.15, 0.2) is 0 Å². The van der Waals surface area contributed by atoms with Gasteiger partial charge >= 0.3 is 0 Å². The van der Waals surface area contributed by atoms with E-state index in [9.17, 15) is 9.59 Å². The van der Waals surface area contributed by atoms with Gasteiger partial charge in [-0.1, -0.05) is 29.8 Å². The number of benzene rings is 1. The third-order valence-electron chi connectivity index (χ3n) is 3.80. The summed E-state index contributed by atoms with van der Waals surface area (Å²) in [5, 5.41) is 5.56. The maximum Gasteiger partial charge on any atom is 0.253 e. The molecule has 2 amide bonds. The third kappa shape index (κ3) is 4.57. The molecule has 0 bridgehead atoms. The van der Waals surface area contributed by atoms with Gasteiger partial charge in [0.2, 0.25) is 0 Å². The van der Waals surface area contributed by atoms with Crippen LogP contribution in [0.5, 0.6) is 0 Å². The van der Waals surface area contributed by atoms with Gasteiger partial charge in [-0.2, -0.15) is 0 Å². The van der Waals surface area contributed by atoms with Crippen molar-refractivity contribution in [3.8, 4) is 0 Å². The lowest BCUT2D eigenvalue weighted by Gasteiger charge is -2.08. The van der Waals surface area contributed by atoms with E-state index in [0.29, 0.717) is 23.4 Å². The first-order valence-corrected chi connectivity index (χ1v) is 8.21. The molecule has 1 aromatic carbocycles. The molecule has 0 unspecified atom stereocenters. The number of rotatable bonds is 6. The fourth-order valence-corrected chi connectivity index (χ4v) is 2.48. The highest BCUT2D eigenvalue weighted by Crippen LogP contribution is 2.07. The number of pyridine rings is 1. The van der Waals surface area contributed by atoms with Crippen molar-refractivity contribution in [2.45, 2.75) is 20.0 Å². The zero-order valence-electron chi connectivity index (χ0n) is 14.4. The van der Waals surface area contributed by atoms with Gasteiger partial charge in [-0.3, -0.25) is 14.6 Å². The first-order valence-electron chi connectivity index (χ1n) is 8.21. The van der Waals surface area contributed by atoms with Crippen LogP contribution in [0, 0.1) is 6.92 Å². The van der Waals surface area contributed by atoms with Crippen LogP contribution < -0.4 is 10.6 Å². The normalized spacial score (nSPS) is 10.3. The molecule has 0 radical (unpaired) electrons. The molecule has 132 valence electrons. The lowest BCUT2D eigenvalue weighted by molar-refractivity contribution is 0.0947. The Bertz CT molecular complexity index is 904. The van der Waals surface area contributed by atoms with E-state index in [-0.39, 0.29) is 18.4 Å². The quantitative estimate of drug-likeness (QED) is 0.717. The summed E-state index contributed by atoms with van der Waals surface area (Å²) in [6.45, 7) is 2.69. The van der Waals surface area contributed by atoms with Crippen molar-refractivity contribution in [1.29, 1.82) is 0 Å². The minimum atomic E-state index is -0.317. The summed E-state index contributed by atoms with van der Waals surface area (Å²) >= 11 is 0. The number of nitrogens with zero attached hydrogens (tertiary/aromatic N) is 1. The number of hydrogen-bond donors (Lipinski definition) is 2. The van der Waals surface area contributed by atoms with Crippen LogP contribution in [-0.4, -0.2) is 16.8 Å². The number of carbonyl (C=O) groups is 2. The van der Waals surface area contributed by atoms with Crippen LogP contribution in [0.4, 0.5) is 0 Å².